The average molecular weight is 358 g/mol. The van der Waals surface area contributed by atoms with Crippen molar-refractivity contribution < 1.29 is 19.0 Å². The van der Waals surface area contributed by atoms with Crippen LogP contribution in [0.25, 0.3) is 11.1 Å². The Kier molecular flexibility index (Phi) is 5.54. The van der Waals surface area contributed by atoms with E-state index < -0.39 is 5.60 Å². The number of hydrogen-bond donors (Lipinski definition) is 3. The number of carbonyl (C=O) groups excluding carboxylic acids is 1. The molecule has 5 nitrogen and oxygen atoms in total. The lowest BCUT2D eigenvalue weighted by Gasteiger charge is -2.32. The summed E-state index contributed by atoms with van der Waals surface area (Å²) in [4.78, 5) is 12.3. The van der Waals surface area contributed by atoms with Gasteiger partial charge < -0.3 is 20.5 Å². The summed E-state index contributed by atoms with van der Waals surface area (Å²) < 4.78 is 18.8. The summed E-state index contributed by atoms with van der Waals surface area (Å²) in [5.74, 6) is -0.0330. The Morgan fingerprint density at radius 3 is 2.73 bits per heavy atom. The van der Waals surface area contributed by atoms with E-state index in [0.717, 1.165) is 18.5 Å². The van der Waals surface area contributed by atoms with Crippen LogP contribution < -0.4 is 15.4 Å². The van der Waals surface area contributed by atoms with Crippen LogP contribution in [-0.4, -0.2) is 43.4 Å². The molecule has 1 atom stereocenters. The van der Waals surface area contributed by atoms with E-state index in [1.165, 1.54) is 19.2 Å². The number of hydrogen-bond acceptors (Lipinski definition) is 4. The number of piperidine rings is 1. The van der Waals surface area contributed by atoms with Gasteiger partial charge in [-0.2, -0.15) is 0 Å². The fourth-order valence-electron chi connectivity index (χ4n) is 3.16. The third-order valence-corrected chi connectivity index (χ3v) is 4.65. The highest BCUT2D eigenvalue weighted by molar-refractivity contribution is 5.94. The highest BCUT2D eigenvalue weighted by Gasteiger charge is 2.29. The van der Waals surface area contributed by atoms with Crippen LogP contribution in [0.3, 0.4) is 0 Å². The Morgan fingerprint density at radius 1 is 1.31 bits per heavy atom. The molecule has 0 radical (unpaired) electrons. The van der Waals surface area contributed by atoms with Crippen molar-refractivity contribution in [3.05, 3.63) is 53.8 Å². The number of benzene rings is 2. The molecule has 3 rings (SSSR count). The zero-order chi connectivity index (χ0) is 18.6. The molecular weight excluding hydrogens is 335 g/mol. The molecule has 1 heterocycles. The van der Waals surface area contributed by atoms with Crippen molar-refractivity contribution in [3.63, 3.8) is 0 Å². The van der Waals surface area contributed by atoms with Gasteiger partial charge in [0.1, 0.15) is 11.6 Å². The Bertz CT molecular complexity index is 771. The van der Waals surface area contributed by atoms with Gasteiger partial charge in [-0.15, -0.1) is 0 Å². The molecular formula is C20H23FN2O3. The van der Waals surface area contributed by atoms with E-state index in [1.807, 2.05) is 0 Å². The molecule has 1 fully saturated rings. The molecule has 138 valence electrons. The lowest BCUT2D eigenvalue weighted by Crippen LogP contribution is -2.52. The van der Waals surface area contributed by atoms with E-state index in [9.17, 15) is 14.3 Å². The first kappa shape index (κ1) is 18.4. The van der Waals surface area contributed by atoms with Crippen molar-refractivity contribution >= 4 is 5.91 Å². The molecule has 3 N–H and O–H groups in total. The van der Waals surface area contributed by atoms with Gasteiger partial charge in [-0.05, 0) is 55.3 Å². The van der Waals surface area contributed by atoms with Gasteiger partial charge in [0.25, 0.3) is 5.91 Å². The highest BCUT2D eigenvalue weighted by Crippen LogP contribution is 2.30. The van der Waals surface area contributed by atoms with Crippen LogP contribution in [0.4, 0.5) is 4.39 Å². The molecule has 6 heteroatoms. The number of halogens is 1. The van der Waals surface area contributed by atoms with Crippen molar-refractivity contribution in [2.45, 2.75) is 18.4 Å². The molecule has 0 spiro atoms. The minimum absolute atomic E-state index is 0.207. The number of amides is 1. The molecule has 1 amide bonds. The van der Waals surface area contributed by atoms with E-state index in [-0.39, 0.29) is 18.3 Å². The van der Waals surface area contributed by atoms with Gasteiger partial charge in [0.15, 0.2) is 0 Å². The van der Waals surface area contributed by atoms with Crippen LogP contribution in [0.1, 0.15) is 23.2 Å². The smallest absolute Gasteiger partial charge is 0.251 e. The summed E-state index contributed by atoms with van der Waals surface area (Å²) >= 11 is 0. The molecule has 1 unspecified atom stereocenters. The molecule has 1 aliphatic heterocycles. The normalized spacial score (nSPS) is 19.8. The predicted octanol–water partition coefficient (Wildman–Crippen LogP) is 2.35. The van der Waals surface area contributed by atoms with Gasteiger partial charge in [0, 0.05) is 24.2 Å². The predicted molar refractivity (Wildman–Crippen MR) is 97.8 cm³/mol. The molecule has 0 saturated carbocycles. The summed E-state index contributed by atoms with van der Waals surface area (Å²) in [6.45, 7) is 1.57. The van der Waals surface area contributed by atoms with Crippen molar-refractivity contribution in [2.75, 3.05) is 26.7 Å². The average Bonchev–Trinajstić information content (AvgIpc) is 2.67. The van der Waals surface area contributed by atoms with E-state index in [2.05, 4.69) is 10.6 Å². The first-order valence-electron chi connectivity index (χ1n) is 8.66. The molecule has 2 aromatic carbocycles. The SMILES string of the molecule is COc1ccc(F)cc1-c1ccc(C(=O)NCC2(O)CCCNC2)cc1. The van der Waals surface area contributed by atoms with E-state index in [4.69, 9.17) is 4.74 Å². The summed E-state index contributed by atoms with van der Waals surface area (Å²) in [6.07, 6.45) is 1.55. The molecule has 0 aliphatic carbocycles. The summed E-state index contributed by atoms with van der Waals surface area (Å²) in [5.41, 5.74) is 0.967. The zero-order valence-corrected chi connectivity index (χ0v) is 14.7. The third-order valence-electron chi connectivity index (χ3n) is 4.65. The Labute approximate surface area is 152 Å². The second-order valence-corrected chi connectivity index (χ2v) is 6.61. The summed E-state index contributed by atoms with van der Waals surface area (Å²) in [7, 11) is 1.53. The van der Waals surface area contributed by atoms with Crippen LogP contribution in [0, 0.1) is 5.82 Å². The maximum absolute atomic E-state index is 13.5. The molecule has 26 heavy (non-hydrogen) atoms. The van der Waals surface area contributed by atoms with Gasteiger partial charge >= 0.3 is 0 Å². The lowest BCUT2D eigenvalue weighted by atomic mass is 9.94. The second kappa shape index (κ2) is 7.85. The van der Waals surface area contributed by atoms with Gasteiger partial charge in [0.05, 0.1) is 12.7 Å². The number of aliphatic hydroxyl groups is 1. The van der Waals surface area contributed by atoms with Gasteiger partial charge in [-0.25, -0.2) is 4.39 Å². The Balaban J connectivity index is 1.69. The van der Waals surface area contributed by atoms with Crippen molar-refractivity contribution in [1.82, 2.24) is 10.6 Å². The minimum atomic E-state index is -0.900. The van der Waals surface area contributed by atoms with Gasteiger partial charge in [-0.1, -0.05) is 12.1 Å². The van der Waals surface area contributed by atoms with E-state index in [1.54, 1.807) is 30.3 Å². The largest absolute Gasteiger partial charge is 0.496 e. The monoisotopic (exact) mass is 358 g/mol. The first-order chi connectivity index (χ1) is 12.5. The maximum Gasteiger partial charge on any atom is 0.251 e. The lowest BCUT2D eigenvalue weighted by molar-refractivity contribution is 0.0170. The van der Waals surface area contributed by atoms with Crippen molar-refractivity contribution in [2.24, 2.45) is 0 Å². The number of β-amino-alcohol motifs (C(OH)–C–C–N with tert-alkyl or cyclic N) is 1. The summed E-state index contributed by atoms with van der Waals surface area (Å²) in [6, 6.07) is 11.2. The Morgan fingerprint density at radius 2 is 2.08 bits per heavy atom. The first-order valence-corrected chi connectivity index (χ1v) is 8.66. The van der Waals surface area contributed by atoms with Crippen LogP contribution in [0.2, 0.25) is 0 Å². The summed E-state index contributed by atoms with van der Waals surface area (Å²) in [5, 5.41) is 16.3. The molecule has 1 aliphatic rings. The second-order valence-electron chi connectivity index (χ2n) is 6.61. The Hall–Kier alpha value is -2.44. The van der Waals surface area contributed by atoms with Crippen LogP contribution in [0.5, 0.6) is 5.75 Å². The van der Waals surface area contributed by atoms with Crippen LogP contribution in [-0.2, 0) is 0 Å². The van der Waals surface area contributed by atoms with Crippen LogP contribution >= 0.6 is 0 Å². The molecule has 2 aromatic rings. The van der Waals surface area contributed by atoms with Crippen LogP contribution in [0.15, 0.2) is 42.5 Å². The molecule has 0 bridgehead atoms. The fourth-order valence-corrected chi connectivity index (χ4v) is 3.16. The van der Waals surface area contributed by atoms with E-state index in [0.29, 0.717) is 29.8 Å². The van der Waals surface area contributed by atoms with E-state index >= 15 is 0 Å². The maximum atomic E-state index is 13.5. The number of ether oxygens (including phenoxy) is 1. The van der Waals surface area contributed by atoms with Gasteiger partial charge in [0.2, 0.25) is 0 Å². The number of carbonyl (C=O) groups is 1. The van der Waals surface area contributed by atoms with Crippen molar-refractivity contribution in [3.8, 4) is 16.9 Å². The standard InChI is InChI=1S/C20H23FN2O3/c1-26-18-8-7-16(21)11-17(18)14-3-5-15(6-4-14)19(24)23-13-20(25)9-2-10-22-12-20/h3-8,11,22,25H,2,9-10,12-13H2,1H3,(H,23,24). The highest BCUT2D eigenvalue weighted by atomic mass is 19.1. The van der Waals surface area contributed by atoms with Gasteiger partial charge in [-0.3, -0.25) is 4.79 Å². The minimum Gasteiger partial charge on any atom is -0.496 e. The molecule has 1 saturated heterocycles. The quantitative estimate of drug-likeness (QED) is 0.767. The van der Waals surface area contributed by atoms with Crippen molar-refractivity contribution in [1.29, 1.82) is 0 Å². The number of rotatable bonds is 5. The number of methoxy groups -OCH3 is 1. The third kappa shape index (κ3) is 4.20. The number of nitrogens with one attached hydrogen (secondary N) is 2. The zero-order valence-electron chi connectivity index (χ0n) is 14.7. The topological polar surface area (TPSA) is 70.6 Å². The fraction of sp³-hybridized carbons (Fsp3) is 0.350. The molecule has 0 aromatic heterocycles.